The fourth-order valence-corrected chi connectivity index (χ4v) is 4.36. The van der Waals surface area contributed by atoms with Gasteiger partial charge in [0.15, 0.2) is 0 Å². The van der Waals surface area contributed by atoms with Crippen molar-refractivity contribution in [1.29, 1.82) is 0 Å². The molecule has 2 heterocycles. The van der Waals surface area contributed by atoms with Gasteiger partial charge in [0.25, 0.3) is 0 Å². The van der Waals surface area contributed by atoms with E-state index in [-0.39, 0.29) is 35.1 Å². The van der Waals surface area contributed by atoms with Crippen LogP contribution in [0.5, 0.6) is 5.75 Å². The standard InChI is InChI=1S/C29H23F2NO3.Na/c1-16-4-6-17(7-5-16)21-15-29(2,3)35-26-11-8-18(12-20(21)26)24-9-10-25(32-24)19-13-22(30)27(28(33)34)23(31)14-19;/h4-15,32H,1-3H3,(H,33,34);/q;+1/p-1. The predicted molar refractivity (Wildman–Crippen MR) is 129 cm³/mol. The number of carbonyl (C=O) groups excluding carboxylic acids is 1. The molecule has 3 aromatic carbocycles. The molecular weight excluding hydrogens is 471 g/mol. The van der Waals surface area contributed by atoms with E-state index in [1.165, 1.54) is 5.56 Å². The Morgan fingerprint density at radius 3 is 2.06 bits per heavy atom. The minimum atomic E-state index is -1.89. The van der Waals surface area contributed by atoms with Crippen molar-refractivity contribution in [3.8, 4) is 28.3 Å². The number of halogens is 2. The summed E-state index contributed by atoms with van der Waals surface area (Å²) >= 11 is 0. The van der Waals surface area contributed by atoms with Crippen molar-refractivity contribution in [2.45, 2.75) is 26.4 Å². The Bertz CT molecular complexity index is 1480. The maximum Gasteiger partial charge on any atom is 1.00 e. The van der Waals surface area contributed by atoms with Crippen LogP contribution in [0.15, 0.2) is 72.8 Å². The number of carboxylic acid groups (broad SMARTS) is 1. The molecule has 0 amide bonds. The average Bonchev–Trinajstić information content (AvgIpc) is 3.28. The van der Waals surface area contributed by atoms with Crippen LogP contribution < -0.4 is 39.4 Å². The molecule has 0 atom stereocenters. The van der Waals surface area contributed by atoms with Crippen molar-refractivity contribution in [3.63, 3.8) is 0 Å². The van der Waals surface area contributed by atoms with Gasteiger partial charge in [0.05, 0.1) is 11.5 Å². The van der Waals surface area contributed by atoms with Gasteiger partial charge in [-0.05, 0) is 86.0 Å². The van der Waals surface area contributed by atoms with E-state index >= 15 is 0 Å². The Labute approximate surface area is 229 Å². The van der Waals surface area contributed by atoms with Gasteiger partial charge in [0.2, 0.25) is 0 Å². The summed E-state index contributed by atoms with van der Waals surface area (Å²) in [7, 11) is 0. The average molecular weight is 493 g/mol. The first kappa shape index (κ1) is 25.9. The van der Waals surface area contributed by atoms with Crippen LogP contribution in [0.1, 0.15) is 40.9 Å². The Hall–Kier alpha value is -3.19. The molecule has 1 N–H and O–H groups in total. The number of H-pyrrole nitrogens is 1. The van der Waals surface area contributed by atoms with Gasteiger partial charge in [0, 0.05) is 22.5 Å². The van der Waals surface area contributed by atoms with Gasteiger partial charge in [-0.15, -0.1) is 0 Å². The molecule has 1 aliphatic rings. The number of rotatable bonds is 4. The van der Waals surface area contributed by atoms with Gasteiger partial charge >= 0.3 is 29.6 Å². The van der Waals surface area contributed by atoms with E-state index in [9.17, 15) is 18.7 Å². The molecule has 0 spiro atoms. The molecule has 0 saturated carbocycles. The number of nitrogens with one attached hydrogen (secondary N) is 1. The van der Waals surface area contributed by atoms with E-state index in [1.807, 2.05) is 45.0 Å². The van der Waals surface area contributed by atoms with Crippen molar-refractivity contribution in [2.75, 3.05) is 0 Å². The van der Waals surface area contributed by atoms with E-state index in [0.29, 0.717) is 5.69 Å². The summed E-state index contributed by atoms with van der Waals surface area (Å²) in [5.74, 6) is -3.49. The van der Waals surface area contributed by atoms with E-state index in [2.05, 4.69) is 35.3 Å². The van der Waals surface area contributed by atoms with E-state index in [1.54, 1.807) is 6.07 Å². The summed E-state index contributed by atoms with van der Waals surface area (Å²) < 4.78 is 34.5. The number of aromatic amines is 1. The van der Waals surface area contributed by atoms with Gasteiger partial charge < -0.3 is 19.6 Å². The smallest absolute Gasteiger partial charge is 0.545 e. The van der Waals surface area contributed by atoms with Crippen LogP contribution in [0.4, 0.5) is 8.78 Å². The molecule has 176 valence electrons. The van der Waals surface area contributed by atoms with Crippen molar-refractivity contribution < 1.29 is 53.0 Å². The number of aryl methyl sites for hydroxylation is 1. The summed E-state index contributed by atoms with van der Waals surface area (Å²) in [5.41, 5.74) is 4.96. The number of benzene rings is 3. The summed E-state index contributed by atoms with van der Waals surface area (Å²) in [6, 6.07) is 19.6. The fraction of sp³-hybridized carbons (Fsp3) is 0.138. The van der Waals surface area contributed by atoms with E-state index in [4.69, 9.17) is 4.74 Å². The van der Waals surface area contributed by atoms with Gasteiger partial charge in [-0.2, -0.15) is 0 Å². The van der Waals surface area contributed by atoms with Crippen LogP contribution in [-0.4, -0.2) is 16.6 Å². The number of aromatic nitrogens is 1. The largest absolute Gasteiger partial charge is 1.00 e. The van der Waals surface area contributed by atoms with Gasteiger partial charge in [-0.3, -0.25) is 0 Å². The van der Waals surface area contributed by atoms with Crippen molar-refractivity contribution >= 4 is 11.5 Å². The molecule has 1 aliphatic heterocycles. The SMILES string of the molecule is Cc1ccc(C2=CC(C)(C)Oc3ccc(-c4ccc(-c5cc(F)c(C(=O)[O-])c(F)c5)[nH]4)cc32)cc1.[Na+]. The molecule has 4 aromatic rings. The Morgan fingerprint density at radius 1 is 0.861 bits per heavy atom. The second-order valence-electron chi connectivity index (χ2n) is 9.23. The van der Waals surface area contributed by atoms with Gasteiger partial charge in [-0.25, -0.2) is 8.78 Å². The number of aromatic carboxylic acids is 1. The van der Waals surface area contributed by atoms with E-state index in [0.717, 1.165) is 45.8 Å². The number of carbonyl (C=O) groups is 1. The van der Waals surface area contributed by atoms with Crippen LogP contribution in [0.2, 0.25) is 0 Å². The first-order valence-corrected chi connectivity index (χ1v) is 11.1. The minimum absolute atomic E-state index is 0. The van der Waals surface area contributed by atoms with Gasteiger partial charge in [0.1, 0.15) is 23.0 Å². The summed E-state index contributed by atoms with van der Waals surface area (Å²) in [4.78, 5) is 14.1. The zero-order valence-electron chi connectivity index (χ0n) is 20.4. The fourth-order valence-electron chi connectivity index (χ4n) is 4.36. The number of fused-ring (bicyclic) bond motifs is 1. The number of hydrogen-bond donors (Lipinski definition) is 1. The molecule has 0 radical (unpaired) electrons. The third-order valence-electron chi connectivity index (χ3n) is 6.05. The van der Waals surface area contributed by atoms with Gasteiger partial charge in [-0.1, -0.05) is 29.8 Å². The first-order valence-electron chi connectivity index (χ1n) is 11.1. The molecule has 0 bridgehead atoms. The Morgan fingerprint density at radius 2 is 1.44 bits per heavy atom. The maximum absolute atomic E-state index is 14.2. The second-order valence-corrected chi connectivity index (χ2v) is 9.23. The quantitative estimate of drug-likeness (QED) is 0.445. The van der Waals surface area contributed by atoms with Crippen molar-refractivity contribution in [1.82, 2.24) is 4.98 Å². The Balaban J connectivity index is 0.00000304. The molecule has 0 unspecified atom stereocenters. The summed E-state index contributed by atoms with van der Waals surface area (Å²) in [5, 5.41) is 11.0. The molecule has 4 nitrogen and oxygen atoms in total. The second kappa shape index (κ2) is 9.69. The third-order valence-corrected chi connectivity index (χ3v) is 6.05. The maximum atomic E-state index is 14.2. The summed E-state index contributed by atoms with van der Waals surface area (Å²) in [6.45, 7) is 6.07. The molecule has 5 rings (SSSR count). The van der Waals surface area contributed by atoms with Crippen LogP contribution in [0.3, 0.4) is 0 Å². The zero-order valence-corrected chi connectivity index (χ0v) is 22.4. The molecule has 1 aromatic heterocycles. The number of carboxylic acids is 1. The monoisotopic (exact) mass is 493 g/mol. The predicted octanol–water partition coefficient (Wildman–Crippen LogP) is 2.91. The normalized spacial score (nSPS) is 13.8. The van der Waals surface area contributed by atoms with Crippen LogP contribution in [-0.2, 0) is 0 Å². The molecule has 0 saturated heterocycles. The van der Waals surface area contributed by atoms with Crippen LogP contribution >= 0.6 is 0 Å². The molecule has 0 aliphatic carbocycles. The van der Waals surface area contributed by atoms with Crippen molar-refractivity contribution in [3.05, 3.63) is 107 Å². The molecule has 36 heavy (non-hydrogen) atoms. The van der Waals surface area contributed by atoms with Crippen LogP contribution in [0.25, 0.3) is 28.1 Å². The molecule has 0 fully saturated rings. The first-order chi connectivity index (χ1) is 16.6. The summed E-state index contributed by atoms with van der Waals surface area (Å²) in [6.07, 6.45) is 2.11. The third kappa shape index (κ3) is 4.89. The van der Waals surface area contributed by atoms with Crippen LogP contribution in [0, 0.1) is 18.6 Å². The number of ether oxygens (including phenoxy) is 1. The minimum Gasteiger partial charge on any atom is -0.545 e. The zero-order chi connectivity index (χ0) is 24.9. The van der Waals surface area contributed by atoms with E-state index < -0.39 is 28.8 Å². The van der Waals surface area contributed by atoms with Crippen molar-refractivity contribution in [2.24, 2.45) is 0 Å². The topological polar surface area (TPSA) is 65.2 Å². The molecule has 7 heteroatoms. The Kier molecular flexibility index (Phi) is 6.97. The molecular formula is C29H22F2NNaO3. The number of hydrogen-bond acceptors (Lipinski definition) is 3.